The first kappa shape index (κ1) is 20.5. The van der Waals surface area contributed by atoms with E-state index >= 15 is 0 Å². The van der Waals surface area contributed by atoms with Crippen LogP contribution in [0.5, 0.6) is 11.5 Å². The molecule has 1 heterocycles. The van der Waals surface area contributed by atoms with E-state index in [-0.39, 0.29) is 5.91 Å². The van der Waals surface area contributed by atoms with Gasteiger partial charge in [-0.25, -0.2) is 9.07 Å². The van der Waals surface area contributed by atoms with Crippen LogP contribution in [-0.2, 0) is 4.79 Å². The highest BCUT2D eigenvalue weighted by Gasteiger charge is 2.21. The second kappa shape index (κ2) is 8.82. The fourth-order valence-electron chi connectivity index (χ4n) is 2.55. The van der Waals surface area contributed by atoms with Crippen LogP contribution >= 0.6 is 11.8 Å². The van der Waals surface area contributed by atoms with Crippen molar-refractivity contribution in [3.05, 3.63) is 48.3 Å². The van der Waals surface area contributed by atoms with Gasteiger partial charge in [0.05, 0.1) is 25.0 Å². The summed E-state index contributed by atoms with van der Waals surface area (Å²) in [4.78, 5) is 12.4. The third kappa shape index (κ3) is 4.60. The van der Waals surface area contributed by atoms with E-state index in [1.807, 2.05) is 0 Å². The molecule has 1 amide bonds. The number of nitrogens with zero attached hydrogens (tertiary/aromatic N) is 3. The molecule has 3 rings (SSSR count). The largest absolute Gasteiger partial charge is 0.497 e. The number of anilines is 1. The fraction of sp³-hybridized carbons (Fsp3) is 0.211. The first-order chi connectivity index (χ1) is 13.9. The molecule has 0 spiro atoms. The maximum Gasteiger partial charge on any atom is 0.237 e. The normalized spacial score (nSPS) is 11.7. The summed E-state index contributed by atoms with van der Waals surface area (Å²) in [6, 6.07) is 10.9. The van der Waals surface area contributed by atoms with Gasteiger partial charge in [0.2, 0.25) is 11.1 Å². The zero-order valence-corrected chi connectivity index (χ0v) is 16.9. The van der Waals surface area contributed by atoms with Crippen molar-refractivity contribution in [3.8, 4) is 22.9 Å². The van der Waals surface area contributed by atoms with Gasteiger partial charge in [-0.05, 0) is 37.3 Å². The van der Waals surface area contributed by atoms with E-state index in [1.54, 1.807) is 38.3 Å². The van der Waals surface area contributed by atoms with Crippen LogP contribution in [-0.4, -0.2) is 40.3 Å². The van der Waals surface area contributed by atoms with E-state index in [1.165, 1.54) is 30.0 Å². The Kier molecular flexibility index (Phi) is 6.23. The molecule has 0 aliphatic carbocycles. The van der Waals surface area contributed by atoms with Crippen molar-refractivity contribution in [2.75, 3.05) is 25.4 Å². The Balaban J connectivity index is 1.76. The molecular weight excluding hydrogens is 397 g/mol. The monoisotopic (exact) mass is 417 g/mol. The molecule has 1 aromatic heterocycles. The molecule has 0 radical (unpaired) electrons. The molecule has 0 fully saturated rings. The number of hydrogen-bond acceptors (Lipinski definition) is 7. The van der Waals surface area contributed by atoms with Gasteiger partial charge in [0.25, 0.3) is 0 Å². The number of carbonyl (C=O) groups excluding carboxylic acids is 1. The van der Waals surface area contributed by atoms with Gasteiger partial charge in [0.1, 0.15) is 17.3 Å². The van der Waals surface area contributed by atoms with Crippen LogP contribution in [0.15, 0.2) is 47.6 Å². The SMILES string of the molecule is COc1ccc(-c2nnc(S[C@@H](C)C(=O)Nc3cccc(F)c3)n2N)c(OC)c1. The Morgan fingerprint density at radius 1 is 1.21 bits per heavy atom. The molecule has 0 aliphatic heterocycles. The van der Waals surface area contributed by atoms with Crippen LogP contribution in [0.4, 0.5) is 10.1 Å². The number of nitrogens with two attached hydrogens (primary N) is 1. The number of rotatable bonds is 7. The molecule has 0 bridgehead atoms. The molecule has 0 saturated carbocycles. The number of nitrogen functional groups attached to an aromatic ring is 1. The Morgan fingerprint density at radius 3 is 2.69 bits per heavy atom. The molecule has 3 aromatic rings. The molecule has 0 saturated heterocycles. The minimum atomic E-state index is -0.546. The van der Waals surface area contributed by atoms with Crippen LogP contribution in [0.3, 0.4) is 0 Å². The second-order valence-corrected chi connectivity index (χ2v) is 7.31. The zero-order valence-electron chi connectivity index (χ0n) is 16.0. The first-order valence-corrected chi connectivity index (χ1v) is 9.47. The molecule has 29 heavy (non-hydrogen) atoms. The van der Waals surface area contributed by atoms with Gasteiger partial charge in [-0.15, -0.1) is 10.2 Å². The molecule has 8 nitrogen and oxygen atoms in total. The van der Waals surface area contributed by atoms with Crippen molar-refractivity contribution in [2.45, 2.75) is 17.3 Å². The van der Waals surface area contributed by atoms with E-state index < -0.39 is 11.1 Å². The summed E-state index contributed by atoms with van der Waals surface area (Å²) in [5.41, 5.74) is 1.01. The summed E-state index contributed by atoms with van der Waals surface area (Å²) in [7, 11) is 3.09. The lowest BCUT2D eigenvalue weighted by Gasteiger charge is -2.12. The Bertz CT molecular complexity index is 1030. The van der Waals surface area contributed by atoms with Crippen molar-refractivity contribution < 1.29 is 18.7 Å². The van der Waals surface area contributed by atoms with E-state index in [2.05, 4.69) is 15.5 Å². The lowest BCUT2D eigenvalue weighted by molar-refractivity contribution is -0.115. The number of methoxy groups -OCH3 is 2. The lowest BCUT2D eigenvalue weighted by atomic mass is 10.2. The molecule has 10 heteroatoms. The fourth-order valence-corrected chi connectivity index (χ4v) is 3.32. The van der Waals surface area contributed by atoms with E-state index in [0.717, 1.165) is 11.8 Å². The van der Waals surface area contributed by atoms with Crippen molar-refractivity contribution in [1.29, 1.82) is 0 Å². The molecule has 1 atom stereocenters. The van der Waals surface area contributed by atoms with Gasteiger partial charge in [-0.1, -0.05) is 17.8 Å². The molecule has 0 unspecified atom stereocenters. The average Bonchev–Trinajstić information content (AvgIpc) is 3.07. The highest BCUT2D eigenvalue weighted by Crippen LogP contribution is 2.33. The van der Waals surface area contributed by atoms with Crippen LogP contribution < -0.4 is 20.6 Å². The van der Waals surface area contributed by atoms with Crippen LogP contribution in [0.2, 0.25) is 0 Å². The summed E-state index contributed by atoms with van der Waals surface area (Å²) < 4.78 is 25.1. The molecule has 2 aromatic carbocycles. The van der Waals surface area contributed by atoms with Crippen molar-refractivity contribution in [3.63, 3.8) is 0 Å². The lowest BCUT2D eigenvalue weighted by Crippen LogP contribution is -2.23. The first-order valence-electron chi connectivity index (χ1n) is 8.59. The van der Waals surface area contributed by atoms with Crippen molar-refractivity contribution in [2.24, 2.45) is 0 Å². The van der Waals surface area contributed by atoms with E-state index in [0.29, 0.717) is 33.7 Å². The number of thioether (sulfide) groups is 1. The maximum absolute atomic E-state index is 13.3. The summed E-state index contributed by atoms with van der Waals surface area (Å²) in [6.07, 6.45) is 0. The molecular formula is C19H20FN5O3S. The number of amides is 1. The topological polar surface area (TPSA) is 104 Å². The number of benzene rings is 2. The summed E-state index contributed by atoms with van der Waals surface area (Å²) >= 11 is 1.13. The van der Waals surface area contributed by atoms with Gasteiger partial charge in [-0.2, -0.15) is 0 Å². The number of ether oxygens (including phenoxy) is 2. The number of carbonyl (C=O) groups is 1. The van der Waals surface area contributed by atoms with Gasteiger partial charge in [0.15, 0.2) is 5.82 Å². The van der Waals surface area contributed by atoms with Crippen LogP contribution in [0, 0.1) is 5.82 Å². The number of hydrogen-bond donors (Lipinski definition) is 2. The predicted molar refractivity (Wildman–Crippen MR) is 109 cm³/mol. The van der Waals surface area contributed by atoms with Gasteiger partial charge in [-0.3, -0.25) is 4.79 Å². The standard InChI is InChI=1S/C19H20FN5O3S/c1-11(18(26)22-13-6-4-5-12(20)9-13)29-19-24-23-17(25(19)21)15-8-7-14(27-2)10-16(15)28-3/h4-11H,21H2,1-3H3,(H,22,26)/t11-/m0/s1. The van der Waals surface area contributed by atoms with Crippen molar-refractivity contribution in [1.82, 2.24) is 14.9 Å². The molecule has 3 N–H and O–H groups in total. The number of halogens is 1. The number of aromatic nitrogens is 3. The summed E-state index contributed by atoms with van der Waals surface area (Å²) in [5.74, 6) is 6.95. The minimum absolute atomic E-state index is 0.313. The highest BCUT2D eigenvalue weighted by molar-refractivity contribution is 8.00. The maximum atomic E-state index is 13.3. The minimum Gasteiger partial charge on any atom is -0.497 e. The quantitative estimate of drug-likeness (QED) is 0.450. The highest BCUT2D eigenvalue weighted by atomic mass is 32.2. The Labute approximate surface area is 171 Å². The predicted octanol–water partition coefficient (Wildman–Crippen LogP) is 2.93. The van der Waals surface area contributed by atoms with Gasteiger partial charge >= 0.3 is 0 Å². The van der Waals surface area contributed by atoms with Gasteiger partial charge < -0.3 is 20.6 Å². The van der Waals surface area contributed by atoms with Gasteiger partial charge in [0, 0.05) is 11.8 Å². The molecule has 152 valence electrons. The Hall–Kier alpha value is -3.27. The second-order valence-electron chi connectivity index (χ2n) is 6.00. The zero-order chi connectivity index (χ0) is 21.0. The third-order valence-electron chi connectivity index (χ3n) is 4.06. The average molecular weight is 417 g/mol. The van der Waals surface area contributed by atoms with E-state index in [9.17, 15) is 9.18 Å². The summed E-state index contributed by atoms with van der Waals surface area (Å²) in [6.45, 7) is 1.70. The smallest absolute Gasteiger partial charge is 0.237 e. The van der Waals surface area contributed by atoms with Crippen molar-refractivity contribution >= 4 is 23.4 Å². The van der Waals surface area contributed by atoms with Crippen LogP contribution in [0.1, 0.15) is 6.92 Å². The Morgan fingerprint density at radius 2 is 2.00 bits per heavy atom. The number of nitrogens with one attached hydrogen (secondary N) is 1. The molecule has 0 aliphatic rings. The summed E-state index contributed by atoms with van der Waals surface area (Å²) in [5, 5.41) is 10.7. The third-order valence-corrected chi connectivity index (χ3v) is 5.11. The van der Waals surface area contributed by atoms with E-state index in [4.69, 9.17) is 15.3 Å². The van der Waals surface area contributed by atoms with Crippen LogP contribution in [0.25, 0.3) is 11.4 Å².